The van der Waals surface area contributed by atoms with Gasteiger partial charge in [-0.3, -0.25) is 0 Å². The minimum absolute atomic E-state index is 0.162. The maximum absolute atomic E-state index is 12.8. The fourth-order valence-electron chi connectivity index (χ4n) is 0.622. The molecule has 3 nitrogen and oxygen atoms in total. The van der Waals surface area contributed by atoms with Crippen LogP contribution in [0.15, 0.2) is 0 Å². The van der Waals surface area contributed by atoms with Crippen molar-refractivity contribution in [3.8, 4) is 0 Å². The lowest BCUT2D eigenvalue weighted by Gasteiger charge is -2.23. The summed E-state index contributed by atoms with van der Waals surface area (Å²) in [6.45, 7) is 1.07. The molecule has 0 saturated heterocycles. The van der Waals surface area contributed by atoms with Crippen LogP contribution in [0.3, 0.4) is 0 Å². The molecular weight excluding hydrogens is 208 g/mol. The molecule has 84 valence electrons. The van der Waals surface area contributed by atoms with Gasteiger partial charge in [0.15, 0.2) is 0 Å². The Morgan fingerprint density at radius 3 is 2.14 bits per heavy atom. The predicted octanol–water partition coefficient (Wildman–Crippen LogP) is 2.12. The highest BCUT2D eigenvalue weighted by Gasteiger charge is 2.64. The second-order valence-electron chi connectivity index (χ2n) is 2.60. The maximum atomic E-state index is 12.8. The van der Waals surface area contributed by atoms with Crippen molar-refractivity contribution in [2.45, 2.75) is 31.8 Å². The van der Waals surface area contributed by atoms with Crippen LogP contribution >= 0.6 is 0 Å². The van der Waals surface area contributed by atoms with Gasteiger partial charge in [-0.05, 0) is 6.42 Å². The van der Waals surface area contributed by atoms with Crippen molar-refractivity contribution >= 4 is 5.97 Å². The largest absolute Gasteiger partial charge is 0.477 e. The van der Waals surface area contributed by atoms with Gasteiger partial charge in [0.2, 0.25) is 0 Å². The predicted molar refractivity (Wildman–Crippen MR) is 38.4 cm³/mol. The molecule has 0 saturated carbocycles. The summed E-state index contributed by atoms with van der Waals surface area (Å²) in [4.78, 5) is 10.0. The third-order valence-corrected chi connectivity index (χ3v) is 1.44. The van der Waals surface area contributed by atoms with E-state index in [4.69, 9.17) is 5.11 Å². The number of alkyl halides is 4. The molecule has 7 heteroatoms. The molecule has 0 aromatic rings. The summed E-state index contributed by atoms with van der Waals surface area (Å²) in [5, 5.41) is 8.05. The van der Waals surface area contributed by atoms with Crippen LogP contribution < -0.4 is 0 Å². The van der Waals surface area contributed by atoms with Gasteiger partial charge in [-0.15, -0.1) is 0 Å². The van der Waals surface area contributed by atoms with E-state index in [1.54, 1.807) is 6.92 Å². The Balaban J connectivity index is 4.50. The van der Waals surface area contributed by atoms with Gasteiger partial charge in [0.1, 0.15) is 0 Å². The van der Waals surface area contributed by atoms with Crippen LogP contribution in [0.4, 0.5) is 17.6 Å². The summed E-state index contributed by atoms with van der Waals surface area (Å²) >= 11 is 0. The van der Waals surface area contributed by atoms with Crippen LogP contribution in [0.1, 0.15) is 19.8 Å². The molecule has 1 N–H and O–H groups in total. The minimum atomic E-state index is -5.56. The number of rotatable bonds is 5. The fraction of sp³-hybridized carbons (Fsp3) is 0.857. The lowest BCUT2D eigenvalue weighted by Crippen LogP contribution is -2.50. The van der Waals surface area contributed by atoms with Crippen molar-refractivity contribution in [2.24, 2.45) is 0 Å². The SMILES string of the molecule is CCCCOC(F)(C(=O)O)C(F)(F)F. The van der Waals surface area contributed by atoms with Crippen molar-refractivity contribution < 1.29 is 32.2 Å². The summed E-state index contributed by atoms with van der Waals surface area (Å²) in [7, 11) is 0. The maximum Gasteiger partial charge on any atom is 0.460 e. The molecule has 0 aliphatic rings. The van der Waals surface area contributed by atoms with Gasteiger partial charge in [-0.1, -0.05) is 13.3 Å². The molecule has 0 aliphatic carbocycles. The van der Waals surface area contributed by atoms with E-state index in [1.807, 2.05) is 0 Å². The fourth-order valence-corrected chi connectivity index (χ4v) is 0.622. The molecule has 0 bridgehead atoms. The van der Waals surface area contributed by atoms with Gasteiger partial charge in [-0.2, -0.15) is 17.6 Å². The molecule has 0 heterocycles. The first kappa shape index (κ1) is 13.2. The molecule has 0 rings (SSSR count). The normalized spacial score (nSPS) is 16.4. The molecule has 0 aliphatic heterocycles. The highest BCUT2D eigenvalue weighted by molar-refractivity contribution is 5.76. The summed E-state index contributed by atoms with van der Waals surface area (Å²) in [6.07, 6.45) is -4.92. The molecule has 0 amide bonds. The zero-order valence-corrected chi connectivity index (χ0v) is 7.40. The summed E-state index contributed by atoms with van der Waals surface area (Å²) in [5.74, 6) is -7.27. The second kappa shape index (κ2) is 4.59. The number of ether oxygens (including phenoxy) is 1. The molecule has 0 fully saturated rings. The molecule has 1 unspecified atom stereocenters. The molecule has 14 heavy (non-hydrogen) atoms. The van der Waals surface area contributed by atoms with Crippen molar-refractivity contribution in [1.82, 2.24) is 0 Å². The molecule has 0 spiro atoms. The molecular formula is C7H10F4O3. The Bertz CT molecular complexity index is 204. The first-order chi connectivity index (χ1) is 6.25. The highest BCUT2D eigenvalue weighted by Crippen LogP contribution is 2.35. The average molecular weight is 218 g/mol. The first-order valence-corrected chi connectivity index (χ1v) is 3.88. The number of unbranched alkanes of at least 4 members (excludes halogenated alkanes) is 1. The van der Waals surface area contributed by atoms with Crippen LogP contribution in [0.25, 0.3) is 0 Å². The van der Waals surface area contributed by atoms with Gasteiger partial charge >= 0.3 is 18.0 Å². The lowest BCUT2D eigenvalue weighted by atomic mass is 10.3. The van der Waals surface area contributed by atoms with Crippen LogP contribution in [0.2, 0.25) is 0 Å². The number of carboxylic acid groups (broad SMARTS) is 1. The van der Waals surface area contributed by atoms with Crippen molar-refractivity contribution in [2.75, 3.05) is 6.61 Å². The molecule has 0 aromatic carbocycles. The van der Waals surface area contributed by atoms with Gasteiger partial charge in [0, 0.05) is 0 Å². The Labute approximate surface area is 77.7 Å². The van der Waals surface area contributed by atoms with Crippen LogP contribution in [0.5, 0.6) is 0 Å². The van der Waals surface area contributed by atoms with Gasteiger partial charge in [-0.25, -0.2) is 4.79 Å². The molecule has 1 atom stereocenters. The van der Waals surface area contributed by atoms with Crippen LogP contribution in [-0.4, -0.2) is 29.7 Å². The summed E-state index contributed by atoms with van der Waals surface area (Å²) in [6, 6.07) is 0. The average Bonchev–Trinajstić information content (AvgIpc) is 2.02. The number of halogens is 4. The van der Waals surface area contributed by atoms with E-state index >= 15 is 0 Å². The van der Waals surface area contributed by atoms with E-state index in [0.717, 1.165) is 0 Å². The van der Waals surface area contributed by atoms with E-state index in [1.165, 1.54) is 0 Å². The topological polar surface area (TPSA) is 46.5 Å². The summed E-state index contributed by atoms with van der Waals surface area (Å²) < 4.78 is 52.2. The monoisotopic (exact) mass is 218 g/mol. The van der Waals surface area contributed by atoms with Crippen molar-refractivity contribution in [1.29, 1.82) is 0 Å². The van der Waals surface area contributed by atoms with Crippen LogP contribution in [0, 0.1) is 0 Å². The number of carboxylic acids is 1. The number of hydrogen-bond acceptors (Lipinski definition) is 2. The van der Waals surface area contributed by atoms with E-state index in [2.05, 4.69) is 4.74 Å². The Kier molecular flexibility index (Phi) is 4.31. The van der Waals surface area contributed by atoms with Crippen molar-refractivity contribution in [3.63, 3.8) is 0 Å². The van der Waals surface area contributed by atoms with E-state index in [9.17, 15) is 22.4 Å². The molecule has 0 aromatic heterocycles. The first-order valence-electron chi connectivity index (χ1n) is 3.88. The molecule has 0 radical (unpaired) electrons. The zero-order valence-electron chi connectivity index (χ0n) is 7.40. The summed E-state index contributed by atoms with van der Waals surface area (Å²) in [5.41, 5.74) is 0. The van der Waals surface area contributed by atoms with Crippen LogP contribution in [-0.2, 0) is 9.53 Å². The number of hydrogen-bond donors (Lipinski definition) is 1. The van der Waals surface area contributed by atoms with Gasteiger partial charge in [0.05, 0.1) is 6.61 Å². The van der Waals surface area contributed by atoms with Crippen molar-refractivity contribution in [3.05, 3.63) is 0 Å². The van der Waals surface area contributed by atoms with E-state index in [0.29, 0.717) is 6.42 Å². The smallest absolute Gasteiger partial charge is 0.460 e. The van der Waals surface area contributed by atoms with Gasteiger partial charge in [0.25, 0.3) is 0 Å². The number of aliphatic carboxylic acids is 1. The minimum Gasteiger partial charge on any atom is -0.477 e. The standard InChI is InChI=1S/C7H10F4O3/c1-2-3-4-14-6(8,5(12)13)7(9,10)11/h2-4H2,1H3,(H,12,13). The number of carbonyl (C=O) groups is 1. The Morgan fingerprint density at radius 2 is 1.86 bits per heavy atom. The highest BCUT2D eigenvalue weighted by atomic mass is 19.4. The Morgan fingerprint density at radius 1 is 1.36 bits per heavy atom. The third-order valence-electron chi connectivity index (χ3n) is 1.44. The Hall–Kier alpha value is -0.850. The van der Waals surface area contributed by atoms with E-state index < -0.39 is 24.6 Å². The third kappa shape index (κ3) is 2.83. The quantitative estimate of drug-likeness (QED) is 0.567. The zero-order chi connectivity index (χ0) is 11.4. The lowest BCUT2D eigenvalue weighted by molar-refractivity contribution is -0.322. The van der Waals surface area contributed by atoms with E-state index in [-0.39, 0.29) is 6.42 Å². The van der Waals surface area contributed by atoms with Gasteiger partial charge < -0.3 is 9.84 Å². The second-order valence-corrected chi connectivity index (χ2v) is 2.60.